The van der Waals surface area contributed by atoms with Gasteiger partial charge in [-0.3, -0.25) is 0 Å². The highest BCUT2D eigenvalue weighted by Gasteiger charge is 2.34. The second-order valence-electron chi connectivity index (χ2n) is 8.18. The van der Waals surface area contributed by atoms with Crippen molar-refractivity contribution in [2.75, 3.05) is 26.2 Å². The van der Waals surface area contributed by atoms with Gasteiger partial charge in [0.1, 0.15) is 0 Å². The van der Waals surface area contributed by atoms with Gasteiger partial charge < -0.3 is 15.5 Å². The van der Waals surface area contributed by atoms with Gasteiger partial charge in [0, 0.05) is 31.6 Å². The highest BCUT2D eigenvalue weighted by Crippen LogP contribution is 2.31. The number of nitrogens with one attached hydrogen (secondary N) is 2. The summed E-state index contributed by atoms with van der Waals surface area (Å²) in [6, 6.07) is 21.9. The lowest BCUT2D eigenvalue weighted by molar-refractivity contribution is 0.238. The Morgan fingerprint density at radius 1 is 0.929 bits per heavy atom. The first-order chi connectivity index (χ1) is 13.8. The number of rotatable bonds is 8. The average molecular weight is 378 g/mol. The maximum Gasteiger partial charge on any atom is 0.314 e. The highest BCUT2D eigenvalue weighted by molar-refractivity contribution is 5.73. The first-order valence-corrected chi connectivity index (χ1v) is 10.7. The first kappa shape index (κ1) is 19.0. The molecule has 2 amide bonds. The van der Waals surface area contributed by atoms with Crippen LogP contribution in [0.3, 0.4) is 0 Å². The molecule has 4 heteroatoms. The number of nitrogens with zero attached hydrogens (tertiary/aromatic N) is 1. The predicted octanol–water partition coefficient (Wildman–Crippen LogP) is 3.99. The van der Waals surface area contributed by atoms with E-state index in [1.54, 1.807) is 0 Å². The third-order valence-corrected chi connectivity index (χ3v) is 6.05. The van der Waals surface area contributed by atoms with Gasteiger partial charge in [-0.2, -0.15) is 0 Å². The Morgan fingerprint density at radius 2 is 1.57 bits per heavy atom. The molecule has 1 heterocycles. The van der Waals surface area contributed by atoms with Crippen LogP contribution in [0.2, 0.25) is 0 Å². The molecule has 4 rings (SSSR count). The number of benzene rings is 2. The van der Waals surface area contributed by atoms with Crippen LogP contribution in [0.5, 0.6) is 0 Å². The summed E-state index contributed by atoms with van der Waals surface area (Å²) < 4.78 is 0. The molecule has 0 bridgehead atoms. The molecule has 2 N–H and O–H groups in total. The van der Waals surface area contributed by atoms with Crippen LogP contribution in [0.1, 0.15) is 42.7 Å². The van der Waals surface area contributed by atoms with Gasteiger partial charge in [0.2, 0.25) is 0 Å². The molecule has 28 heavy (non-hydrogen) atoms. The molecule has 1 saturated carbocycles. The van der Waals surface area contributed by atoms with Gasteiger partial charge in [-0.05, 0) is 49.3 Å². The molecular weight excluding hydrogens is 346 g/mol. The molecule has 2 aromatic rings. The lowest BCUT2D eigenvalue weighted by Crippen LogP contribution is -2.39. The minimum absolute atomic E-state index is 0.0373. The average Bonchev–Trinajstić information content (AvgIpc) is 3.49. The topological polar surface area (TPSA) is 44.4 Å². The Morgan fingerprint density at radius 3 is 2.18 bits per heavy atom. The minimum atomic E-state index is -0.0373. The van der Waals surface area contributed by atoms with Crippen molar-refractivity contribution in [2.45, 2.75) is 37.6 Å². The number of carbonyl (C=O) groups is 1. The fraction of sp³-hybridized carbons (Fsp3) is 0.458. The van der Waals surface area contributed by atoms with Crippen LogP contribution in [-0.2, 0) is 0 Å². The largest absolute Gasteiger partial charge is 0.338 e. The van der Waals surface area contributed by atoms with Crippen LogP contribution < -0.4 is 10.6 Å². The number of amides is 2. The van der Waals surface area contributed by atoms with Crippen molar-refractivity contribution >= 4 is 6.03 Å². The Balaban J connectivity index is 1.23. The SMILES string of the molecule is O=C(NCCC(c1ccccc1)c1ccccc1)NCC1CCN(C2CC2)C1. The second-order valence-corrected chi connectivity index (χ2v) is 8.18. The van der Waals surface area contributed by atoms with E-state index in [9.17, 15) is 4.79 Å². The van der Waals surface area contributed by atoms with Gasteiger partial charge in [-0.1, -0.05) is 60.7 Å². The summed E-state index contributed by atoms with van der Waals surface area (Å²) in [7, 11) is 0. The van der Waals surface area contributed by atoms with E-state index in [-0.39, 0.29) is 6.03 Å². The van der Waals surface area contributed by atoms with Crippen molar-refractivity contribution in [2.24, 2.45) is 5.92 Å². The lowest BCUT2D eigenvalue weighted by atomic mass is 9.88. The van der Waals surface area contributed by atoms with Crippen LogP contribution in [0.15, 0.2) is 60.7 Å². The standard InChI is InChI=1S/C24H31N3O/c28-24(26-17-19-14-16-27(18-19)22-11-12-22)25-15-13-23(20-7-3-1-4-8-20)21-9-5-2-6-10-21/h1-10,19,22-23H,11-18H2,(H2,25,26,28). The van der Waals surface area contributed by atoms with E-state index in [1.807, 2.05) is 12.1 Å². The Hall–Kier alpha value is -2.33. The summed E-state index contributed by atoms with van der Waals surface area (Å²) in [4.78, 5) is 14.8. The van der Waals surface area contributed by atoms with Crippen molar-refractivity contribution in [1.82, 2.24) is 15.5 Å². The molecule has 1 atom stereocenters. The fourth-order valence-corrected chi connectivity index (χ4v) is 4.33. The molecule has 2 aromatic carbocycles. The van der Waals surface area contributed by atoms with Gasteiger partial charge in [0.05, 0.1) is 0 Å². The monoisotopic (exact) mass is 377 g/mol. The van der Waals surface area contributed by atoms with E-state index in [0.717, 1.165) is 25.6 Å². The molecule has 2 aliphatic rings. The van der Waals surface area contributed by atoms with E-state index >= 15 is 0 Å². The smallest absolute Gasteiger partial charge is 0.314 e. The summed E-state index contributed by atoms with van der Waals surface area (Å²) in [5, 5.41) is 6.14. The summed E-state index contributed by atoms with van der Waals surface area (Å²) in [5.74, 6) is 0.900. The molecular formula is C24H31N3O. The Labute approximate surface area is 168 Å². The maximum absolute atomic E-state index is 12.2. The third kappa shape index (κ3) is 5.14. The molecule has 148 valence electrons. The second kappa shape index (κ2) is 9.24. The molecule has 2 fully saturated rings. The zero-order valence-electron chi connectivity index (χ0n) is 16.5. The molecule has 0 aromatic heterocycles. The van der Waals surface area contributed by atoms with Crippen molar-refractivity contribution < 1.29 is 4.79 Å². The van der Waals surface area contributed by atoms with Crippen molar-refractivity contribution in [3.8, 4) is 0 Å². The molecule has 1 aliphatic heterocycles. The van der Waals surface area contributed by atoms with Crippen molar-refractivity contribution in [1.29, 1.82) is 0 Å². The van der Waals surface area contributed by atoms with Gasteiger partial charge in [0.15, 0.2) is 0 Å². The van der Waals surface area contributed by atoms with Crippen LogP contribution in [-0.4, -0.2) is 43.2 Å². The van der Waals surface area contributed by atoms with E-state index in [0.29, 0.717) is 18.4 Å². The number of hydrogen-bond donors (Lipinski definition) is 2. The van der Waals surface area contributed by atoms with Crippen LogP contribution in [0, 0.1) is 5.92 Å². The third-order valence-electron chi connectivity index (χ3n) is 6.05. The van der Waals surface area contributed by atoms with E-state index in [4.69, 9.17) is 0 Å². The summed E-state index contributed by atoms with van der Waals surface area (Å²) in [6.45, 7) is 3.80. The van der Waals surface area contributed by atoms with Gasteiger partial charge in [-0.25, -0.2) is 4.79 Å². The van der Waals surface area contributed by atoms with Crippen LogP contribution in [0.25, 0.3) is 0 Å². The Kier molecular flexibility index (Phi) is 6.27. The van der Waals surface area contributed by atoms with Crippen molar-refractivity contribution in [3.63, 3.8) is 0 Å². The molecule has 1 saturated heterocycles. The summed E-state index contributed by atoms with van der Waals surface area (Å²) >= 11 is 0. The van der Waals surface area contributed by atoms with Gasteiger partial charge in [0.25, 0.3) is 0 Å². The summed E-state index contributed by atoms with van der Waals surface area (Å²) in [5.41, 5.74) is 2.59. The number of urea groups is 1. The lowest BCUT2D eigenvalue weighted by Gasteiger charge is -2.19. The zero-order chi connectivity index (χ0) is 19.2. The van der Waals surface area contributed by atoms with Gasteiger partial charge >= 0.3 is 6.03 Å². The van der Waals surface area contributed by atoms with Crippen LogP contribution in [0.4, 0.5) is 4.79 Å². The first-order valence-electron chi connectivity index (χ1n) is 10.7. The van der Waals surface area contributed by atoms with E-state index < -0.39 is 0 Å². The van der Waals surface area contributed by atoms with E-state index in [2.05, 4.69) is 64.1 Å². The number of carbonyl (C=O) groups excluding carboxylic acids is 1. The minimum Gasteiger partial charge on any atom is -0.338 e. The zero-order valence-corrected chi connectivity index (χ0v) is 16.5. The molecule has 4 nitrogen and oxygen atoms in total. The Bertz CT molecular complexity index is 705. The number of hydrogen-bond acceptors (Lipinski definition) is 2. The highest BCUT2D eigenvalue weighted by atomic mass is 16.2. The normalized spacial score (nSPS) is 19.7. The molecule has 1 unspecified atom stereocenters. The molecule has 0 radical (unpaired) electrons. The quantitative estimate of drug-likeness (QED) is 0.730. The van der Waals surface area contributed by atoms with Crippen molar-refractivity contribution in [3.05, 3.63) is 71.8 Å². The maximum atomic E-state index is 12.2. The van der Waals surface area contributed by atoms with E-state index in [1.165, 1.54) is 36.9 Å². The number of likely N-dealkylation sites (tertiary alicyclic amines) is 1. The fourth-order valence-electron chi connectivity index (χ4n) is 4.33. The predicted molar refractivity (Wildman–Crippen MR) is 113 cm³/mol. The molecule has 1 aliphatic carbocycles. The van der Waals surface area contributed by atoms with Crippen LogP contribution >= 0.6 is 0 Å². The summed E-state index contributed by atoms with van der Waals surface area (Å²) in [6.07, 6.45) is 4.83. The van der Waals surface area contributed by atoms with Gasteiger partial charge in [-0.15, -0.1) is 0 Å². The molecule has 0 spiro atoms.